The third-order valence-corrected chi connectivity index (χ3v) is 3.55. The average molecular weight is 262 g/mol. The van der Waals surface area contributed by atoms with Gasteiger partial charge < -0.3 is 13.6 Å². The van der Waals surface area contributed by atoms with Gasteiger partial charge in [0.25, 0.3) is 5.89 Å². The number of likely N-dealkylation sites (N-methyl/N-ethyl adjacent to an activating group) is 1. The molecule has 0 bridgehead atoms. The SMILES string of the molecule is Cc1oc(-c2ccco2)nc1CN(C)C1CCOC1. The van der Waals surface area contributed by atoms with E-state index in [1.54, 1.807) is 6.26 Å². The fourth-order valence-electron chi connectivity index (χ4n) is 2.32. The smallest absolute Gasteiger partial charge is 0.263 e. The Bertz CT molecular complexity index is 527. The molecular weight excluding hydrogens is 244 g/mol. The lowest BCUT2D eigenvalue weighted by molar-refractivity contribution is 0.155. The monoisotopic (exact) mass is 262 g/mol. The van der Waals surface area contributed by atoms with E-state index in [2.05, 4.69) is 16.9 Å². The van der Waals surface area contributed by atoms with Gasteiger partial charge in [0.1, 0.15) is 5.76 Å². The maximum Gasteiger partial charge on any atom is 0.263 e. The van der Waals surface area contributed by atoms with Crippen LogP contribution in [0.3, 0.4) is 0 Å². The first-order valence-corrected chi connectivity index (χ1v) is 6.52. The standard InChI is InChI=1S/C14H18N2O3/c1-10-12(8-16(2)11-5-7-17-9-11)15-14(19-10)13-4-3-6-18-13/h3-4,6,11H,5,7-9H2,1-2H3. The Morgan fingerprint density at radius 1 is 1.47 bits per heavy atom. The molecule has 0 amide bonds. The van der Waals surface area contributed by atoms with Crippen LogP contribution >= 0.6 is 0 Å². The minimum absolute atomic E-state index is 0.475. The van der Waals surface area contributed by atoms with E-state index in [0.29, 0.717) is 17.7 Å². The van der Waals surface area contributed by atoms with Gasteiger partial charge in [0.15, 0.2) is 5.76 Å². The molecule has 0 N–H and O–H groups in total. The zero-order chi connectivity index (χ0) is 13.2. The van der Waals surface area contributed by atoms with Crippen molar-refractivity contribution in [1.82, 2.24) is 9.88 Å². The molecule has 2 aromatic rings. The molecule has 19 heavy (non-hydrogen) atoms. The Labute approximate surface area is 112 Å². The molecule has 1 aliphatic rings. The number of hydrogen-bond donors (Lipinski definition) is 0. The molecule has 1 unspecified atom stereocenters. The molecule has 1 atom stereocenters. The largest absolute Gasteiger partial charge is 0.459 e. The summed E-state index contributed by atoms with van der Waals surface area (Å²) >= 11 is 0. The summed E-state index contributed by atoms with van der Waals surface area (Å²) in [4.78, 5) is 6.79. The molecular formula is C14H18N2O3. The summed E-state index contributed by atoms with van der Waals surface area (Å²) in [6.07, 6.45) is 2.70. The van der Waals surface area contributed by atoms with Crippen molar-refractivity contribution >= 4 is 0 Å². The minimum Gasteiger partial charge on any atom is -0.459 e. The van der Waals surface area contributed by atoms with Crippen molar-refractivity contribution in [2.75, 3.05) is 20.3 Å². The highest BCUT2D eigenvalue weighted by molar-refractivity contribution is 5.44. The van der Waals surface area contributed by atoms with Crippen molar-refractivity contribution in [3.05, 3.63) is 29.9 Å². The van der Waals surface area contributed by atoms with Gasteiger partial charge >= 0.3 is 0 Å². The van der Waals surface area contributed by atoms with Gasteiger partial charge in [-0.1, -0.05) is 0 Å². The predicted octanol–water partition coefficient (Wildman–Crippen LogP) is 2.46. The van der Waals surface area contributed by atoms with Crippen molar-refractivity contribution in [2.45, 2.75) is 25.9 Å². The predicted molar refractivity (Wildman–Crippen MR) is 69.6 cm³/mol. The van der Waals surface area contributed by atoms with E-state index >= 15 is 0 Å². The van der Waals surface area contributed by atoms with E-state index in [9.17, 15) is 0 Å². The second-order valence-electron chi connectivity index (χ2n) is 4.93. The molecule has 102 valence electrons. The van der Waals surface area contributed by atoms with E-state index in [1.807, 2.05) is 19.1 Å². The van der Waals surface area contributed by atoms with Crippen LogP contribution < -0.4 is 0 Å². The molecule has 0 saturated carbocycles. The van der Waals surface area contributed by atoms with Crippen LogP contribution in [0.15, 0.2) is 27.2 Å². The number of furan rings is 1. The fourth-order valence-corrected chi connectivity index (χ4v) is 2.32. The molecule has 0 spiro atoms. The molecule has 3 rings (SSSR count). The number of aryl methyl sites for hydroxylation is 1. The minimum atomic E-state index is 0.475. The van der Waals surface area contributed by atoms with Gasteiger partial charge in [0.2, 0.25) is 0 Å². The van der Waals surface area contributed by atoms with Crippen molar-refractivity contribution in [1.29, 1.82) is 0 Å². The van der Waals surface area contributed by atoms with E-state index in [0.717, 1.165) is 37.6 Å². The van der Waals surface area contributed by atoms with Crippen molar-refractivity contribution < 1.29 is 13.6 Å². The normalized spacial score (nSPS) is 19.4. The van der Waals surface area contributed by atoms with Gasteiger partial charge in [-0.15, -0.1) is 0 Å². The lowest BCUT2D eigenvalue weighted by Gasteiger charge is -2.21. The highest BCUT2D eigenvalue weighted by Gasteiger charge is 2.22. The first-order chi connectivity index (χ1) is 9.24. The summed E-state index contributed by atoms with van der Waals surface area (Å²) in [5, 5.41) is 0. The lowest BCUT2D eigenvalue weighted by atomic mass is 10.2. The maximum atomic E-state index is 5.66. The molecule has 0 aromatic carbocycles. The highest BCUT2D eigenvalue weighted by atomic mass is 16.5. The second kappa shape index (κ2) is 5.19. The number of oxazole rings is 1. The molecule has 5 nitrogen and oxygen atoms in total. The van der Waals surface area contributed by atoms with Crippen LogP contribution in [0.2, 0.25) is 0 Å². The van der Waals surface area contributed by atoms with Crippen LogP contribution in [0.25, 0.3) is 11.7 Å². The summed E-state index contributed by atoms with van der Waals surface area (Å²) in [6, 6.07) is 4.16. The van der Waals surface area contributed by atoms with Crippen LogP contribution in [0.4, 0.5) is 0 Å². The lowest BCUT2D eigenvalue weighted by Crippen LogP contribution is -2.31. The number of aromatic nitrogens is 1. The second-order valence-corrected chi connectivity index (χ2v) is 4.93. The Balaban J connectivity index is 1.74. The van der Waals surface area contributed by atoms with Crippen LogP contribution in [-0.4, -0.2) is 36.2 Å². The van der Waals surface area contributed by atoms with Gasteiger partial charge in [-0.25, -0.2) is 4.98 Å². The Morgan fingerprint density at radius 3 is 3.05 bits per heavy atom. The number of hydrogen-bond acceptors (Lipinski definition) is 5. The molecule has 1 saturated heterocycles. The number of rotatable bonds is 4. The van der Waals surface area contributed by atoms with Gasteiger partial charge in [-0.05, 0) is 32.5 Å². The highest BCUT2D eigenvalue weighted by Crippen LogP contribution is 2.23. The molecule has 2 aromatic heterocycles. The van der Waals surface area contributed by atoms with Crippen LogP contribution in [0.1, 0.15) is 17.9 Å². The van der Waals surface area contributed by atoms with E-state index in [1.165, 1.54) is 0 Å². The van der Waals surface area contributed by atoms with E-state index < -0.39 is 0 Å². The number of nitrogens with zero attached hydrogens (tertiary/aromatic N) is 2. The van der Waals surface area contributed by atoms with E-state index in [-0.39, 0.29) is 0 Å². The summed E-state index contributed by atoms with van der Waals surface area (Å²) in [5.41, 5.74) is 0.959. The first kappa shape index (κ1) is 12.4. The van der Waals surface area contributed by atoms with Crippen LogP contribution in [-0.2, 0) is 11.3 Å². The fraction of sp³-hybridized carbons (Fsp3) is 0.500. The third kappa shape index (κ3) is 2.57. The third-order valence-electron chi connectivity index (χ3n) is 3.55. The quantitative estimate of drug-likeness (QED) is 0.847. The summed E-state index contributed by atoms with van der Waals surface area (Å²) in [6.45, 7) is 4.36. The molecule has 0 aliphatic carbocycles. The summed E-state index contributed by atoms with van der Waals surface area (Å²) in [7, 11) is 2.10. The van der Waals surface area contributed by atoms with Gasteiger partial charge in [0, 0.05) is 19.2 Å². The zero-order valence-corrected chi connectivity index (χ0v) is 11.3. The molecule has 1 fully saturated rings. The zero-order valence-electron chi connectivity index (χ0n) is 11.3. The first-order valence-electron chi connectivity index (χ1n) is 6.52. The molecule has 1 aliphatic heterocycles. The van der Waals surface area contributed by atoms with Crippen LogP contribution in [0.5, 0.6) is 0 Å². The summed E-state index contributed by atoms with van der Waals surface area (Å²) in [5.74, 6) is 2.06. The summed E-state index contributed by atoms with van der Waals surface area (Å²) < 4.78 is 16.4. The van der Waals surface area contributed by atoms with Gasteiger partial charge in [0.05, 0.1) is 18.6 Å². The number of ether oxygens (including phenoxy) is 1. The topological polar surface area (TPSA) is 51.6 Å². The Hall–Kier alpha value is -1.59. The van der Waals surface area contributed by atoms with E-state index in [4.69, 9.17) is 13.6 Å². The Kier molecular flexibility index (Phi) is 3.40. The Morgan fingerprint density at radius 2 is 2.37 bits per heavy atom. The maximum absolute atomic E-state index is 5.66. The van der Waals surface area contributed by atoms with Crippen LogP contribution in [0, 0.1) is 6.92 Å². The van der Waals surface area contributed by atoms with Crippen molar-refractivity contribution in [3.63, 3.8) is 0 Å². The molecule has 0 radical (unpaired) electrons. The molecule has 5 heteroatoms. The van der Waals surface area contributed by atoms with Crippen molar-refractivity contribution in [3.8, 4) is 11.7 Å². The molecule has 3 heterocycles. The van der Waals surface area contributed by atoms with Gasteiger partial charge in [-0.2, -0.15) is 0 Å². The van der Waals surface area contributed by atoms with Gasteiger partial charge in [-0.3, -0.25) is 4.90 Å². The van der Waals surface area contributed by atoms with Crippen molar-refractivity contribution in [2.24, 2.45) is 0 Å². The average Bonchev–Trinajstić information content (AvgIpc) is 3.09.